The zero-order chi connectivity index (χ0) is 14.5. The molecular formula is C13H18F4N2. The second kappa shape index (κ2) is 6.86. The standard InChI is InChI=1S/C13H18F4N2/c1-18-8-10-3-4-12(14)11(7-10)9-19(2)6-5-13(15,16)17/h3-4,7,18H,5-6,8-9H2,1-2H3. The third-order valence-electron chi connectivity index (χ3n) is 2.71. The number of alkyl halides is 3. The molecule has 19 heavy (non-hydrogen) atoms. The first-order valence-corrected chi connectivity index (χ1v) is 5.99. The number of hydrogen-bond donors (Lipinski definition) is 1. The summed E-state index contributed by atoms with van der Waals surface area (Å²) < 4.78 is 49.8. The molecule has 6 heteroatoms. The van der Waals surface area contributed by atoms with Gasteiger partial charge in [-0.25, -0.2) is 4.39 Å². The van der Waals surface area contributed by atoms with Crippen molar-refractivity contribution in [2.75, 3.05) is 20.6 Å². The van der Waals surface area contributed by atoms with Gasteiger partial charge in [0.2, 0.25) is 0 Å². The van der Waals surface area contributed by atoms with Gasteiger partial charge in [-0.3, -0.25) is 0 Å². The van der Waals surface area contributed by atoms with Crippen LogP contribution in [0.3, 0.4) is 0 Å². The first-order chi connectivity index (χ1) is 8.81. The van der Waals surface area contributed by atoms with Crippen LogP contribution in [0, 0.1) is 5.82 Å². The van der Waals surface area contributed by atoms with Gasteiger partial charge >= 0.3 is 6.18 Å². The van der Waals surface area contributed by atoms with Gasteiger partial charge in [-0.05, 0) is 25.7 Å². The lowest BCUT2D eigenvalue weighted by Crippen LogP contribution is -2.24. The molecule has 0 bridgehead atoms. The molecule has 0 amide bonds. The van der Waals surface area contributed by atoms with E-state index in [9.17, 15) is 17.6 Å². The largest absolute Gasteiger partial charge is 0.390 e. The minimum atomic E-state index is -4.18. The summed E-state index contributed by atoms with van der Waals surface area (Å²) >= 11 is 0. The Morgan fingerprint density at radius 3 is 2.53 bits per heavy atom. The van der Waals surface area contributed by atoms with Crippen molar-refractivity contribution in [3.05, 3.63) is 35.1 Å². The molecule has 0 atom stereocenters. The molecule has 108 valence electrons. The topological polar surface area (TPSA) is 15.3 Å². The first kappa shape index (κ1) is 15.9. The number of nitrogens with one attached hydrogen (secondary N) is 1. The van der Waals surface area contributed by atoms with E-state index in [0.29, 0.717) is 12.1 Å². The molecule has 1 aromatic rings. The van der Waals surface area contributed by atoms with Crippen LogP contribution in [-0.2, 0) is 13.1 Å². The van der Waals surface area contributed by atoms with E-state index in [4.69, 9.17) is 0 Å². The highest BCUT2D eigenvalue weighted by atomic mass is 19.4. The molecule has 0 aliphatic rings. The number of hydrogen-bond acceptors (Lipinski definition) is 2. The van der Waals surface area contributed by atoms with Crippen molar-refractivity contribution >= 4 is 0 Å². The van der Waals surface area contributed by atoms with Gasteiger partial charge < -0.3 is 10.2 Å². The Bertz CT molecular complexity index is 404. The minimum absolute atomic E-state index is 0.140. The van der Waals surface area contributed by atoms with E-state index in [1.165, 1.54) is 11.0 Å². The number of halogens is 4. The fraction of sp³-hybridized carbons (Fsp3) is 0.538. The zero-order valence-corrected chi connectivity index (χ0v) is 11.0. The Kier molecular flexibility index (Phi) is 5.75. The lowest BCUT2D eigenvalue weighted by molar-refractivity contribution is -0.137. The maximum atomic E-state index is 13.6. The summed E-state index contributed by atoms with van der Waals surface area (Å²) in [5.74, 6) is -0.390. The summed E-state index contributed by atoms with van der Waals surface area (Å²) in [7, 11) is 3.33. The van der Waals surface area contributed by atoms with Crippen molar-refractivity contribution in [2.45, 2.75) is 25.7 Å². The van der Waals surface area contributed by atoms with Gasteiger partial charge in [0.25, 0.3) is 0 Å². The van der Waals surface area contributed by atoms with Crippen molar-refractivity contribution in [1.82, 2.24) is 10.2 Å². The lowest BCUT2D eigenvalue weighted by atomic mass is 10.1. The molecule has 0 aliphatic heterocycles. The van der Waals surface area contributed by atoms with Crippen LogP contribution in [0.2, 0.25) is 0 Å². The zero-order valence-electron chi connectivity index (χ0n) is 11.0. The lowest BCUT2D eigenvalue weighted by Gasteiger charge is -2.18. The summed E-state index contributed by atoms with van der Waals surface area (Å²) in [4.78, 5) is 1.47. The summed E-state index contributed by atoms with van der Waals surface area (Å²) in [6, 6.07) is 4.68. The molecule has 0 aromatic heterocycles. The molecule has 1 N–H and O–H groups in total. The monoisotopic (exact) mass is 278 g/mol. The summed E-state index contributed by atoms with van der Waals surface area (Å²) in [5.41, 5.74) is 1.32. The number of nitrogens with zero attached hydrogens (tertiary/aromatic N) is 1. The van der Waals surface area contributed by atoms with Crippen molar-refractivity contribution in [2.24, 2.45) is 0 Å². The highest BCUT2D eigenvalue weighted by Gasteiger charge is 2.27. The van der Waals surface area contributed by atoms with Gasteiger partial charge in [0.15, 0.2) is 0 Å². The summed E-state index contributed by atoms with van der Waals surface area (Å²) in [5, 5.41) is 2.94. The molecule has 0 aliphatic carbocycles. The third kappa shape index (κ3) is 6.02. The fourth-order valence-electron chi connectivity index (χ4n) is 1.75. The Hall–Kier alpha value is -1.14. The van der Waals surface area contributed by atoms with Crippen molar-refractivity contribution in [1.29, 1.82) is 0 Å². The van der Waals surface area contributed by atoms with E-state index in [1.54, 1.807) is 26.2 Å². The van der Waals surface area contributed by atoms with Gasteiger partial charge in [0.05, 0.1) is 6.42 Å². The third-order valence-corrected chi connectivity index (χ3v) is 2.71. The maximum Gasteiger partial charge on any atom is 0.390 e. The quantitative estimate of drug-likeness (QED) is 0.805. The van der Waals surface area contributed by atoms with E-state index in [0.717, 1.165) is 5.56 Å². The second-order valence-electron chi connectivity index (χ2n) is 4.56. The van der Waals surface area contributed by atoms with Crippen LogP contribution < -0.4 is 5.32 Å². The smallest absolute Gasteiger partial charge is 0.316 e. The van der Waals surface area contributed by atoms with Crippen LogP contribution >= 0.6 is 0 Å². The fourth-order valence-corrected chi connectivity index (χ4v) is 1.75. The predicted molar refractivity (Wildman–Crippen MR) is 66.2 cm³/mol. The molecule has 0 fully saturated rings. The number of rotatable bonds is 6. The van der Waals surface area contributed by atoms with E-state index < -0.39 is 18.4 Å². The predicted octanol–water partition coefficient (Wildman–Crippen LogP) is 2.93. The van der Waals surface area contributed by atoms with Crippen LogP contribution in [0.25, 0.3) is 0 Å². The van der Waals surface area contributed by atoms with Gasteiger partial charge in [0, 0.05) is 25.2 Å². The van der Waals surface area contributed by atoms with E-state index in [-0.39, 0.29) is 13.1 Å². The second-order valence-corrected chi connectivity index (χ2v) is 4.56. The molecule has 0 radical (unpaired) electrons. The normalized spacial score (nSPS) is 12.2. The van der Waals surface area contributed by atoms with Gasteiger partial charge in [-0.2, -0.15) is 13.2 Å². The first-order valence-electron chi connectivity index (χ1n) is 5.99. The molecule has 0 spiro atoms. The van der Waals surface area contributed by atoms with Gasteiger partial charge in [-0.15, -0.1) is 0 Å². The average molecular weight is 278 g/mol. The van der Waals surface area contributed by atoms with Gasteiger partial charge in [-0.1, -0.05) is 12.1 Å². The van der Waals surface area contributed by atoms with Crippen molar-refractivity contribution in [3.8, 4) is 0 Å². The Labute approximate surface area is 110 Å². The molecule has 1 rings (SSSR count). The molecule has 1 aromatic carbocycles. The van der Waals surface area contributed by atoms with Crippen LogP contribution in [0.5, 0.6) is 0 Å². The molecular weight excluding hydrogens is 260 g/mol. The molecule has 0 unspecified atom stereocenters. The minimum Gasteiger partial charge on any atom is -0.316 e. The average Bonchev–Trinajstić information content (AvgIpc) is 2.30. The highest BCUT2D eigenvalue weighted by molar-refractivity contribution is 5.25. The maximum absolute atomic E-state index is 13.6. The Morgan fingerprint density at radius 2 is 1.95 bits per heavy atom. The highest BCUT2D eigenvalue weighted by Crippen LogP contribution is 2.20. The van der Waals surface area contributed by atoms with E-state index in [2.05, 4.69) is 5.32 Å². The summed E-state index contributed by atoms with van der Waals surface area (Å²) in [6.45, 7) is 0.623. The molecule has 0 heterocycles. The SMILES string of the molecule is CNCc1ccc(F)c(CN(C)CCC(F)(F)F)c1. The molecule has 0 saturated carbocycles. The molecule has 2 nitrogen and oxygen atoms in total. The molecule has 0 saturated heterocycles. The van der Waals surface area contributed by atoms with Crippen molar-refractivity contribution < 1.29 is 17.6 Å². The Balaban J connectivity index is 2.62. The van der Waals surface area contributed by atoms with E-state index in [1.807, 2.05) is 0 Å². The van der Waals surface area contributed by atoms with Crippen LogP contribution in [0.1, 0.15) is 17.5 Å². The van der Waals surface area contributed by atoms with Crippen LogP contribution in [-0.4, -0.2) is 31.7 Å². The van der Waals surface area contributed by atoms with E-state index >= 15 is 0 Å². The number of benzene rings is 1. The Morgan fingerprint density at radius 1 is 1.26 bits per heavy atom. The van der Waals surface area contributed by atoms with Crippen LogP contribution in [0.15, 0.2) is 18.2 Å². The summed E-state index contributed by atoms with van der Waals surface area (Å²) in [6.07, 6.45) is -5.07. The van der Waals surface area contributed by atoms with Crippen LogP contribution in [0.4, 0.5) is 17.6 Å². The van der Waals surface area contributed by atoms with Crippen molar-refractivity contribution in [3.63, 3.8) is 0 Å². The van der Waals surface area contributed by atoms with Gasteiger partial charge in [0.1, 0.15) is 5.82 Å².